The summed E-state index contributed by atoms with van der Waals surface area (Å²) in [7, 11) is -3.83. The minimum atomic E-state index is -3.83. The Morgan fingerprint density at radius 2 is 1.97 bits per heavy atom. The number of nitrogens with one attached hydrogen (secondary N) is 2. The molecule has 0 spiro atoms. The maximum Gasteiger partial charge on any atom is 0.487 e. The van der Waals surface area contributed by atoms with E-state index in [9.17, 15) is 17.2 Å². The van der Waals surface area contributed by atoms with Crippen molar-refractivity contribution >= 4 is 48.5 Å². The normalized spacial score (nSPS) is 12.3. The molecule has 0 fully saturated rings. The summed E-state index contributed by atoms with van der Waals surface area (Å²) in [5.41, 5.74) is -1.53. The van der Waals surface area contributed by atoms with Crippen LogP contribution < -0.4 is 14.2 Å². The summed E-state index contributed by atoms with van der Waals surface area (Å²) in [5, 5.41) is 0.647. The van der Waals surface area contributed by atoms with E-state index in [1.54, 1.807) is 25.1 Å². The number of hydrogen-bond acceptors (Lipinski definition) is 4. The third kappa shape index (κ3) is 5.88. The van der Waals surface area contributed by atoms with Gasteiger partial charge in [0.2, 0.25) is 10.0 Å². The Kier molecular flexibility index (Phi) is 7.14. The van der Waals surface area contributed by atoms with Crippen LogP contribution in [0.2, 0.25) is 0 Å². The van der Waals surface area contributed by atoms with Gasteiger partial charge in [-0.1, -0.05) is 15.9 Å². The maximum absolute atomic E-state index is 13.0. The van der Waals surface area contributed by atoms with Gasteiger partial charge in [-0.25, -0.2) is 13.1 Å². The number of rotatable bonds is 9. The van der Waals surface area contributed by atoms with E-state index >= 15 is 0 Å². The number of sulfonamides is 1. The van der Waals surface area contributed by atoms with Crippen LogP contribution in [0.15, 0.2) is 45.8 Å². The van der Waals surface area contributed by atoms with Gasteiger partial charge >= 0.3 is 5.57 Å². The van der Waals surface area contributed by atoms with Crippen LogP contribution in [0.5, 0.6) is 11.5 Å². The van der Waals surface area contributed by atoms with Gasteiger partial charge in [-0.05, 0) is 62.2 Å². The van der Waals surface area contributed by atoms with Crippen LogP contribution in [0.1, 0.15) is 18.2 Å². The Morgan fingerprint density at radius 3 is 2.65 bits per heavy atom. The van der Waals surface area contributed by atoms with Gasteiger partial charge in [0.1, 0.15) is 16.4 Å². The molecule has 0 saturated carbocycles. The molecule has 0 bridgehead atoms. The molecule has 1 aromatic heterocycles. The van der Waals surface area contributed by atoms with E-state index in [1.165, 1.54) is 18.2 Å². The molecule has 0 aliphatic rings. The average Bonchev–Trinajstić information content (AvgIpc) is 2.95. The highest BCUT2D eigenvalue weighted by Gasteiger charge is 2.28. The molecule has 168 valence electrons. The van der Waals surface area contributed by atoms with E-state index in [4.69, 9.17) is 16.3 Å². The summed E-state index contributed by atoms with van der Waals surface area (Å²) in [6.45, 7) is 4.00. The molecular weight excluding hydrogens is 518 g/mol. The fraction of sp³-hybridized carbons (Fsp3) is 0.300. The second-order valence-electron chi connectivity index (χ2n) is 6.66. The first kappa shape index (κ1) is 23.8. The average molecular weight is 538 g/mol. The molecule has 3 rings (SSSR count). The van der Waals surface area contributed by atoms with E-state index in [1.807, 2.05) is 6.92 Å². The first-order valence-electron chi connectivity index (χ1n) is 9.29. The van der Waals surface area contributed by atoms with Gasteiger partial charge in [-0.15, -0.1) is 8.78 Å². The van der Waals surface area contributed by atoms with Crippen molar-refractivity contribution in [2.24, 2.45) is 0 Å². The standard InChI is InChI=1S/C20H20BrClF2N2O4S/c1-3-29-18-10-13(21)4-7-19(18)31(27,28)25-9-8-15-12(2)26-17-6-5-14(11-16(15)17)30-20(22,23)24/h4-7,10-11,25-26H,3,8-9H2,1-2H3. The predicted molar refractivity (Wildman–Crippen MR) is 119 cm³/mol. The van der Waals surface area contributed by atoms with Crippen molar-refractivity contribution in [1.29, 1.82) is 0 Å². The van der Waals surface area contributed by atoms with Gasteiger partial charge in [0.25, 0.3) is 0 Å². The number of benzene rings is 2. The fourth-order valence-electron chi connectivity index (χ4n) is 3.24. The maximum atomic E-state index is 13.0. The number of aryl methyl sites for hydroxylation is 1. The zero-order valence-electron chi connectivity index (χ0n) is 16.6. The van der Waals surface area contributed by atoms with Gasteiger partial charge in [-0.3, -0.25) is 0 Å². The van der Waals surface area contributed by atoms with Crippen molar-refractivity contribution in [1.82, 2.24) is 9.71 Å². The summed E-state index contributed by atoms with van der Waals surface area (Å²) in [5.74, 6) is 0.154. The lowest BCUT2D eigenvalue weighted by Gasteiger charge is -2.13. The summed E-state index contributed by atoms with van der Waals surface area (Å²) in [6.07, 6.45) is 0.326. The molecule has 0 radical (unpaired) electrons. The number of hydrogen-bond donors (Lipinski definition) is 2. The molecule has 1 heterocycles. The molecular formula is C20H20BrClF2N2O4S. The lowest BCUT2D eigenvalue weighted by atomic mass is 10.1. The van der Waals surface area contributed by atoms with Crippen LogP contribution in [0.25, 0.3) is 10.9 Å². The van der Waals surface area contributed by atoms with E-state index in [0.29, 0.717) is 28.4 Å². The number of aromatic amines is 1. The fourth-order valence-corrected chi connectivity index (χ4v) is 4.83. The van der Waals surface area contributed by atoms with E-state index in [2.05, 4.69) is 30.4 Å². The van der Waals surface area contributed by atoms with Crippen molar-refractivity contribution in [3.8, 4) is 11.5 Å². The van der Waals surface area contributed by atoms with Crippen LogP contribution in [-0.2, 0) is 16.4 Å². The highest BCUT2D eigenvalue weighted by Crippen LogP contribution is 2.31. The van der Waals surface area contributed by atoms with Gasteiger partial charge < -0.3 is 14.5 Å². The van der Waals surface area contributed by atoms with Crippen LogP contribution in [0, 0.1) is 6.92 Å². The highest BCUT2D eigenvalue weighted by atomic mass is 79.9. The zero-order chi connectivity index (χ0) is 22.8. The summed E-state index contributed by atoms with van der Waals surface area (Å²) in [4.78, 5) is 3.19. The highest BCUT2D eigenvalue weighted by molar-refractivity contribution is 9.10. The van der Waals surface area contributed by atoms with Crippen molar-refractivity contribution in [3.63, 3.8) is 0 Å². The summed E-state index contributed by atoms with van der Waals surface area (Å²) < 4.78 is 64.7. The lowest BCUT2D eigenvalue weighted by Crippen LogP contribution is -2.26. The number of fused-ring (bicyclic) bond motifs is 1. The Morgan fingerprint density at radius 1 is 1.23 bits per heavy atom. The molecule has 6 nitrogen and oxygen atoms in total. The van der Waals surface area contributed by atoms with Gasteiger partial charge in [0.05, 0.1) is 6.61 Å². The smallest absolute Gasteiger partial charge is 0.487 e. The van der Waals surface area contributed by atoms with E-state index in [-0.39, 0.29) is 22.9 Å². The molecule has 0 amide bonds. The Balaban J connectivity index is 1.80. The summed E-state index contributed by atoms with van der Waals surface area (Å²) in [6, 6.07) is 9.10. The second-order valence-corrected chi connectivity index (χ2v) is 9.75. The molecule has 11 heteroatoms. The number of ether oxygens (including phenoxy) is 2. The number of H-pyrrole nitrogens is 1. The quantitative estimate of drug-likeness (QED) is 0.362. The van der Waals surface area contributed by atoms with E-state index < -0.39 is 15.6 Å². The minimum Gasteiger partial charge on any atom is -0.492 e. The lowest BCUT2D eigenvalue weighted by molar-refractivity contribution is -0.0964. The van der Waals surface area contributed by atoms with Crippen molar-refractivity contribution in [2.75, 3.05) is 13.2 Å². The van der Waals surface area contributed by atoms with Crippen LogP contribution in [-0.4, -0.2) is 32.1 Å². The number of alkyl halides is 3. The molecule has 3 aromatic rings. The molecule has 0 aliphatic carbocycles. The molecule has 31 heavy (non-hydrogen) atoms. The van der Waals surface area contributed by atoms with Gasteiger partial charge in [0.15, 0.2) is 0 Å². The van der Waals surface area contributed by atoms with Crippen molar-refractivity contribution in [2.45, 2.75) is 30.7 Å². The third-order valence-electron chi connectivity index (χ3n) is 4.49. The van der Waals surface area contributed by atoms with Gasteiger partial charge in [-0.2, -0.15) is 0 Å². The molecule has 0 aliphatic heterocycles. The first-order chi connectivity index (χ1) is 14.5. The van der Waals surface area contributed by atoms with Crippen molar-refractivity contribution < 1.29 is 26.7 Å². The Bertz CT molecular complexity index is 1200. The molecule has 2 N–H and O–H groups in total. The van der Waals surface area contributed by atoms with Crippen LogP contribution >= 0.6 is 27.5 Å². The second kappa shape index (κ2) is 9.32. The third-order valence-corrected chi connectivity index (χ3v) is 6.56. The SMILES string of the molecule is CCOc1cc(Br)ccc1S(=O)(=O)NCCc1c(C)[nH]c2ccc(OC(F)(F)Cl)cc12. The first-order valence-corrected chi connectivity index (χ1v) is 11.9. The minimum absolute atomic E-state index is 0.0354. The monoisotopic (exact) mass is 536 g/mol. The molecule has 0 atom stereocenters. The van der Waals surface area contributed by atoms with Crippen LogP contribution in [0.4, 0.5) is 8.78 Å². The number of aromatic nitrogens is 1. The zero-order valence-corrected chi connectivity index (χ0v) is 19.8. The van der Waals surface area contributed by atoms with Crippen LogP contribution in [0.3, 0.4) is 0 Å². The Hall–Kier alpha value is -1.88. The predicted octanol–water partition coefficient (Wildman–Crippen LogP) is 5.33. The van der Waals surface area contributed by atoms with Gasteiger partial charge in [0, 0.05) is 39.2 Å². The summed E-state index contributed by atoms with van der Waals surface area (Å²) >= 11 is 8.15. The van der Waals surface area contributed by atoms with Crippen molar-refractivity contribution in [3.05, 3.63) is 52.1 Å². The Labute approximate surface area is 192 Å². The topological polar surface area (TPSA) is 80.4 Å². The molecule has 2 aromatic carbocycles. The van der Waals surface area contributed by atoms with E-state index in [0.717, 1.165) is 11.3 Å². The molecule has 0 unspecified atom stereocenters. The largest absolute Gasteiger partial charge is 0.492 e. The number of halogens is 4. The molecule has 0 saturated heterocycles.